The molecule has 18 heavy (non-hydrogen) atoms. The first-order valence-corrected chi connectivity index (χ1v) is 8.01. The van der Waals surface area contributed by atoms with Crippen LogP contribution in [-0.2, 0) is 19.4 Å². The van der Waals surface area contributed by atoms with Gasteiger partial charge in [0.05, 0.1) is 11.5 Å². The van der Waals surface area contributed by atoms with Gasteiger partial charge in [0.2, 0.25) is 11.8 Å². The van der Waals surface area contributed by atoms with Crippen LogP contribution >= 0.6 is 0 Å². The molecule has 0 saturated carbocycles. The van der Waals surface area contributed by atoms with Crippen molar-refractivity contribution in [2.24, 2.45) is 0 Å². The Labute approximate surface area is 107 Å². The van der Waals surface area contributed by atoms with E-state index in [4.69, 9.17) is 0 Å². The first kappa shape index (κ1) is 14.9. The van der Waals surface area contributed by atoms with Crippen molar-refractivity contribution in [1.29, 1.82) is 0 Å². The summed E-state index contributed by atoms with van der Waals surface area (Å²) in [6.07, 6.45) is 2.06. The summed E-state index contributed by atoms with van der Waals surface area (Å²) in [6.45, 7) is 2.58. The lowest BCUT2D eigenvalue weighted by Gasteiger charge is -2.10. The molecule has 0 aliphatic carbocycles. The normalized spacial score (nSPS) is 21.5. The van der Waals surface area contributed by atoms with Crippen LogP contribution in [-0.4, -0.2) is 44.3 Å². The van der Waals surface area contributed by atoms with E-state index in [0.29, 0.717) is 13.0 Å². The van der Waals surface area contributed by atoms with E-state index in [2.05, 4.69) is 10.6 Å². The summed E-state index contributed by atoms with van der Waals surface area (Å²) < 4.78 is 22.4. The number of amides is 2. The number of hydrogen-bond donors (Lipinski definition) is 2. The average Bonchev–Trinajstić information content (AvgIpc) is 2.58. The van der Waals surface area contributed by atoms with E-state index in [0.717, 1.165) is 12.8 Å². The zero-order chi connectivity index (χ0) is 13.6. The first-order chi connectivity index (χ1) is 8.43. The summed E-state index contributed by atoms with van der Waals surface area (Å²) in [5.74, 6) is -0.635. The maximum Gasteiger partial charge on any atom is 0.229 e. The highest BCUT2D eigenvalue weighted by Crippen LogP contribution is 2.11. The third-order valence-electron chi connectivity index (χ3n) is 2.77. The van der Waals surface area contributed by atoms with Crippen molar-refractivity contribution in [2.75, 3.05) is 18.1 Å². The third-order valence-corrected chi connectivity index (χ3v) is 4.54. The van der Waals surface area contributed by atoms with Crippen LogP contribution in [0.3, 0.4) is 0 Å². The van der Waals surface area contributed by atoms with Crippen molar-refractivity contribution in [1.82, 2.24) is 10.6 Å². The summed E-state index contributed by atoms with van der Waals surface area (Å²) in [7, 11) is -3.00. The second kappa shape index (κ2) is 6.72. The van der Waals surface area contributed by atoms with Gasteiger partial charge in [-0.25, -0.2) is 8.42 Å². The van der Waals surface area contributed by atoms with Crippen LogP contribution in [0.4, 0.5) is 0 Å². The summed E-state index contributed by atoms with van der Waals surface area (Å²) in [5.41, 5.74) is 0. The molecule has 104 valence electrons. The average molecular weight is 276 g/mol. The van der Waals surface area contributed by atoms with Crippen LogP contribution in [0.25, 0.3) is 0 Å². The minimum absolute atomic E-state index is 0.0177. The molecule has 1 rings (SSSR count). The van der Waals surface area contributed by atoms with Crippen molar-refractivity contribution >= 4 is 21.7 Å². The number of carbonyl (C=O) groups excluding carboxylic acids is 2. The number of hydrogen-bond acceptors (Lipinski definition) is 4. The van der Waals surface area contributed by atoms with E-state index in [9.17, 15) is 18.0 Å². The van der Waals surface area contributed by atoms with Crippen LogP contribution in [0.2, 0.25) is 0 Å². The molecule has 1 atom stereocenters. The zero-order valence-electron chi connectivity index (χ0n) is 10.6. The van der Waals surface area contributed by atoms with E-state index in [-0.39, 0.29) is 29.9 Å². The Balaban J connectivity index is 2.23. The summed E-state index contributed by atoms with van der Waals surface area (Å²) in [6, 6.07) is -0.342. The minimum Gasteiger partial charge on any atom is -0.356 e. The molecule has 2 amide bonds. The Kier molecular flexibility index (Phi) is 5.58. The molecule has 0 aromatic rings. The van der Waals surface area contributed by atoms with Gasteiger partial charge in [-0.05, 0) is 12.8 Å². The Morgan fingerprint density at radius 3 is 2.56 bits per heavy atom. The van der Waals surface area contributed by atoms with E-state index in [1.165, 1.54) is 0 Å². The number of sulfone groups is 1. The van der Waals surface area contributed by atoms with Crippen LogP contribution < -0.4 is 10.6 Å². The molecule has 0 aromatic carbocycles. The van der Waals surface area contributed by atoms with Gasteiger partial charge in [-0.2, -0.15) is 0 Å². The molecule has 0 aromatic heterocycles. The molecule has 6 nitrogen and oxygen atoms in total. The van der Waals surface area contributed by atoms with E-state index in [1.54, 1.807) is 0 Å². The molecule has 0 bridgehead atoms. The van der Waals surface area contributed by atoms with Crippen molar-refractivity contribution in [2.45, 2.75) is 38.6 Å². The maximum atomic E-state index is 11.5. The van der Waals surface area contributed by atoms with Gasteiger partial charge < -0.3 is 10.6 Å². The fourth-order valence-corrected chi connectivity index (χ4v) is 3.47. The van der Waals surface area contributed by atoms with Crippen molar-refractivity contribution in [3.05, 3.63) is 0 Å². The highest BCUT2D eigenvalue weighted by molar-refractivity contribution is 7.91. The Hall–Kier alpha value is -1.11. The van der Waals surface area contributed by atoms with Gasteiger partial charge in [0.15, 0.2) is 9.84 Å². The summed E-state index contributed by atoms with van der Waals surface area (Å²) >= 11 is 0. The standard InChI is InChI=1S/C11H20N2O4S/c1-2-3-5-12-10(14)7-11(15)13-9-4-6-18(16,17)8-9/h9H,2-8H2,1H3,(H,12,14)(H,13,15). The lowest BCUT2D eigenvalue weighted by molar-refractivity contribution is -0.129. The molecule has 7 heteroatoms. The van der Waals surface area contributed by atoms with Gasteiger partial charge in [-0.3, -0.25) is 9.59 Å². The quantitative estimate of drug-likeness (QED) is 0.510. The van der Waals surface area contributed by atoms with Crippen LogP contribution in [0, 0.1) is 0 Å². The number of carbonyl (C=O) groups is 2. The Bertz CT molecular complexity index is 405. The fourth-order valence-electron chi connectivity index (χ4n) is 1.80. The molecule has 1 saturated heterocycles. The van der Waals surface area contributed by atoms with E-state index >= 15 is 0 Å². The molecule has 1 fully saturated rings. The Morgan fingerprint density at radius 1 is 1.28 bits per heavy atom. The maximum absolute atomic E-state index is 11.5. The first-order valence-electron chi connectivity index (χ1n) is 6.19. The molecular weight excluding hydrogens is 256 g/mol. The van der Waals surface area contributed by atoms with Crippen molar-refractivity contribution < 1.29 is 18.0 Å². The number of nitrogens with one attached hydrogen (secondary N) is 2. The second-order valence-corrected chi connectivity index (χ2v) is 6.78. The molecule has 1 unspecified atom stereocenters. The monoisotopic (exact) mass is 276 g/mol. The van der Waals surface area contributed by atoms with Gasteiger partial charge in [-0.1, -0.05) is 13.3 Å². The molecule has 0 spiro atoms. The van der Waals surface area contributed by atoms with Gasteiger partial charge in [0, 0.05) is 12.6 Å². The van der Waals surface area contributed by atoms with Crippen molar-refractivity contribution in [3.63, 3.8) is 0 Å². The Morgan fingerprint density at radius 2 is 2.00 bits per heavy atom. The smallest absolute Gasteiger partial charge is 0.229 e. The summed E-state index contributed by atoms with van der Waals surface area (Å²) in [5, 5.41) is 5.21. The highest BCUT2D eigenvalue weighted by atomic mass is 32.2. The number of rotatable bonds is 6. The van der Waals surface area contributed by atoms with E-state index < -0.39 is 15.7 Å². The molecule has 0 radical (unpaired) electrons. The van der Waals surface area contributed by atoms with Crippen molar-refractivity contribution in [3.8, 4) is 0 Å². The number of unbranched alkanes of at least 4 members (excludes halogenated alkanes) is 1. The fraction of sp³-hybridized carbons (Fsp3) is 0.818. The largest absolute Gasteiger partial charge is 0.356 e. The molecule has 1 heterocycles. The third kappa shape index (κ3) is 5.48. The highest BCUT2D eigenvalue weighted by Gasteiger charge is 2.29. The predicted molar refractivity (Wildman–Crippen MR) is 67.7 cm³/mol. The van der Waals surface area contributed by atoms with Crippen LogP contribution in [0.15, 0.2) is 0 Å². The zero-order valence-corrected chi connectivity index (χ0v) is 11.4. The van der Waals surface area contributed by atoms with Crippen LogP contribution in [0.5, 0.6) is 0 Å². The van der Waals surface area contributed by atoms with Gasteiger partial charge in [0.1, 0.15) is 6.42 Å². The lowest BCUT2D eigenvalue weighted by Crippen LogP contribution is -2.38. The molecule has 1 aliphatic heterocycles. The van der Waals surface area contributed by atoms with Gasteiger partial charge in [-0.15, -0.1) is 0 Å². The lowest BCUT2D eigenvalue weighted by atomic mass is 10.2. The predicted octanol–water partition coefficient (Wildman–Crippen LogP) is -0.404. The second-order valence-electron chi connectivity index (χ2n) is 4.55. The molecule has 2 N–H and O–H groups in total. The molecule has 1 aliphatic rings. The van der Waals surface area contributed by atoms with E-state index in [1.807, 2.05) is 6.92 Å². The molecular formula is C11H20N2O4S. The van der Waals surface area contributed by atoms with Gasteiger partial charge in [0.25, 0.3) is 0 Å². The van der Waals surface area contributed by atoms with Crippen LogP contribution in [0.1, 0.15) is 32.6 Å². The SMILES string of the molecule is CCCCNC(=O)CC(=O)NC1CCS(=O)(=O)C1. The van der Waals surface area contributed by atoms with Gasteiger partial charge >= 0.3 is 0 Å². The minimum atomic E-state index is -3.00. The topological polar surface area (TPSA) is 92.3 Å². The summed E-state index contributed by atoms with van der Waals surface area (Å²) in [4.78, 5) is 22.8.